The molecule has 0 radical (unpaired) electrons. The third-order valence-electron chi connectivity index (χ3n) is 3.96. The van der Waals surface area contributed by atoms with Crippen molar-refractivity contribution in [2.45, 2.75) is 13.5 Å². The van der Waals surface area contributed by atoms with Gasteiger partial charge in [-0.15, -0.1) is 0 Å². The first-order chi connectivity index (χ1) is 12.6. The van der Waals surface area contributed by atoms with Crippen LogP contribution in [0.15, 0.2) is 36.4 Å². The van der Waals surface area contributed by atoms with Crippen LogP contribution in [0.4, 0.5) is 0 Å². The molecule has 140 valence electrons. The molecule has 0 fully saturated rings. The molecule has 0 unspecified atom stereocenters. The van der Waals surface area contributed by atoms with E-state index in [0.29, 0.717) is 41.7 Å². The predicted molar refractivity (Wildman–Crippen MR) is 99.5 cm³/mol. The number of carbonyl (C=O) groups is 1. The molecule has 0 heterocycles. The number of hydrogen-bond donors (Lipinski definition) is 0. The lowest BCUT2D eigenvalue weighted by atomic mass is 10.1. The van der Waals surface area contributed by atoms with E-state index in [1.807, 2.05) is 25.1 Å². The van der Waals surface area contributed by atoms with E-state index < -0.39 is 0 Å². The van der Waals surface area contributed by atoms with E-state index in [1.54, 1.807) is 51.5 Å². The molecule has 0 spiro atoms. The molecule has 2 aromatic rings. The maximum atomic E-state index is 12.9. The summed E-state index contributed by atoms with van der Waals surface area (Å²) in [6, 6.07) is 10.9. The summed E-state index contributed by atoms with van der Waals surface area (Å²) in [4.78, 5) is 14.5. The van der Waals surface area contributed by atoms with Crippen molar-refractivity contribution in [2.24, 2.45) is 0 Å². The van der Waals surface area contributed by atoms with E-state index in [-0.39, 0.29) is 5.91 Å². The minimum Gasteiger partial charge on any atom is -0.493 e. The fourth-order valence-electron chi connectivity index (χ4n) is 2.75. The first-order valence-electron chi connectivity index (χ1n) is 8.32. The third-order valence-corrected chi connectivity index (χ3v) is 3.96. The minimum absolute atomic E-state index is 0.133. The molecule has 6 nitrogen and oxygen atoms in total. The van der Waals surface area contributed by atoms with E-state index in [9.17, 15) is 4.79 Å². The van der Waals surface area contributed by atoms with E-state index in [2.05, 4.69) is 0 Å². The largest absolute Gasteiger partial charge is 0.493 e. The van der Waals surface area contributed by atoms with Crippen LogP contribution in [0.3, 0.4) is 0 Å². The Morgan fingerprint density at radius 2 is 1.62 bits per heavy atom. The highest BCUT2D eigenvalue weighted by molar-refractivity contribution is 5.96. The summed E-state index contributed by atoms with van der Waals surface area (Å²) in [5.41, 5.74) is 1.34. The fourth-order valence-corrected chi connectivity index (χ4v) is 2.75. The second-order valence-electron chi connectivity index (χ2n) is 5.58. The van der Waals surface area contributed by atoms with Gasteiger partial charge in [0.05, 0.1) is 33.5 Å². The fraction of sp³-hybridized carbons (Fsp3) is 0.350. The van der Waals surface area contributed by atoms with Crippen LogP contribution in [0.25, 0.3) is 0 Å². The molecule has 0 saturated carbocycles. The molecule has 0 aliphatic heterocycles. The van der Waals surface area contributed by atoms with Crippen LogP contribution in [0, 0.1) is 0 Å². The van der Waals surface area contributed by atoms with Crippen LogP contribution < -0.4 is 18.9 Å². The number of nitrogens with zero attached hydrogens (tertiary/aromatic N) is 1. The SMILES string of the molecule is CCOc1ccccc1C(=O)N(C)Cc1ccc(OC)c(OC)c1OC. The van der Waals surface area contributed by atoms with E-state index in [1.165, 1.54) is 0 Å². The van der Waals surface area contributed by atoms with Crippen LogP contribution in [0.1, 0.15) is 22.8 Å². The van der Waals surface area contributed by atoms with Gasteiger partial charge in [0.1, 0.15) is 5.75 Å². The van der Waals surface area contributed by atoms with Crippen molar-refractivity contribution in [1.29, 1.82) is 0 Å². The van der Waals surface area contributed by atoms with Gasteiger partial charge in [-0.25, -0.2) is 0 Å². The Hall–Kier alpha value is -2.89. The van der Waals surface area contributed by atoms with Gasteiger partial charge in [0.15, 0.2) is 11.5 Å². The van der Waals surface area contributed by atoms with Gasteiger partial charge in [-0.05, 0) is 31.2 Å². The van der Waals surface area contributed by atoms with Crippen molar-refractivity contribution < 1.29 is 23.7 Å². The summed E-state index contributed by atoms with van der Waals surface area (Å²) in [7, 11) is 6.42. The van der Waals surface area contributed by atoms with Gasteiger partial charge in [0.25, 0.3) is 5.91 Å². The van der Waals surface area contributed by atoms with Crippen molar-refractivity contribution in [3.63, 3.8) is 0 Å². The second kappa shape index (κ2) is 8.99. The maximum Gasteiger partial charge on any atom is 0.257 e. The van der Waals surface area contributed by atoms with Gasteiger partial charge in [-0.1, -0.05) is 12.1 Å². The zero-order valence-corrected chi connectivity index (χ0v) is 15.9. The Morgan fingerprint density at radius 3 is 2.23 bits per heavy atom. The summed E-state index contributed by atoms with van der Waals surface area (Å²) in [6.07, 6.45) is 0. The van der Waals surface area contributed by atoms with Crippen LogP contribution in [0.5, 0.6) is 23.0 Å². The highest BCUT2D eigenvalue weighted by Crippen LogP contribution is 2.40. The average Bonchev–Trinajstić information content (AvgIpc) is 2.67. The van der Waals surface area contributed by atoms with Gasteiger partial charge in [-0.2, -0.15) is 0 Å². The Bertz CT molecular complexity index is 760. The Morgan fingerprint density at radius 1 is 0.923 bits per heavy atom. The number of rotatable bonds is 8. The monoisotopic (exact) mass is 359 g/mol. The highest BCUT2D eigenvalue weighted by atomic mass is 16.5. The predicted octanol–water partition coefficient (Wildman–Crippen LogP) is 3.38. The van der Waals surface area contributed by atoms with Crippen molar-refractivity contribution in [3.05, 3.63) is 47.5 Å². The lowest BCUT2D eigenvalue weighted by Gasteiger charge is -2.22. The molecule has 0 aliphatic carbocycles. The molecule has 0 aromatic heterocycles. The molecule has 0 atom stereocenters. The first-order valence-corrected chi connectivity index (χ1v) is 8.32. The van der Waals surface area contributed by atoms with Gasteiger partial charge in [0.2, 0.25) is 5.75 Å². The zero-order chi connectivity index (χ0) is 19.1. The Labute approximate surface area is 154 Å². The average molecular weight is 359 g/mol. The number of para-hydroxylation sites is 1. The summed E-state index contributed by atoms with van der Waals surface area (Å²) in [6.45, 7) is 2.74. The molecule has 0 saturated heterocycles. The quantitative estimate of drug-likeness (QED) is 0.723. The highest BCUT2D eigenvalue weighted by Gasteiger charge is 2.21. The van der Waals surface area contributed by atoms with E-state index in [4.69, 9.17) is 18.9 Å². The van der Waals surface area contributed by atoms with Crippen LogP contribution in [0.2, 0.25) is 0 Å². The normalized spacial score (nSPS) is 10.2. The van der Waals surface area contributed by atoms with E-state index in [0.717, 1.165) is 5.56 Å². The van der Waals surface area contributed by atoms with Crippen molar-refractivity contribution in [3.8, 4) is 23.0 Å². The van der Waals surface area contributed by atoms with Crippen LogP contribution in [-0.4, -0.2) is 45.8 Å². The second-order valence-corrected chi connectivity index (χ2v) is 5.58. The van der Waals surface area contributed by atoms with Crippen molar-refractivity contribution >= 4 is 5.91 Å². The molecule has 26 heavy (non-hydrogen) atoms. The number of methoxy groups -OCH3 is 3. The molecular formula is C20H25NO5. The summed E-state index contributed by atoms with van der Waals surface area (Å²) in [5.74, 6) is 2.06. The smallest absolute Gasteiger partial charge is 0.257 e. The summed E-state index contributed by atoms with van der Waals surface area (Å²) >= 11 is 0. The van der Waals surface area contributed by atoms with Gasteiger partial charge < -0.3 is 23.8 Å². The Kier molecular flexibility index (Phi) is 6.72. The maximum absolute atomic E-state index is 12.9. The van der Waals surface area contributed by atoms with Crippen LogP contribution in [-0.2, 0) is 6.54 Å². The number of carbonyl (C=O) groups excluding carboxylic acids is 1. The first kappa shape index (κ1) is 19.4. The minimum atomic E-state index is -0.133. The lowest BCUT2D eigenvalue weighted by Crippen LogP contribution is -2.27. The molecule has 1 amide bonds. The number of amides is 1. The molecule has 0 aliphatic rings. The zero-order valence-electron chi connectivity index (χ0n) is 15.9. The topological polar surface area (TPSA) is 57.2 Å². The van der Waals surface area contributed by atoms with Crippen LogP contribution >= 0.6 is 0 Å². The van der Waals surface area contributed by atoms with Gasteiger partial charge in [-0.3, -0.25) is 4.79 Å². The Balaban J connectivity index is 2.30. The number of ether oxygens (including phenoxy) is 4. The lowest BCUT2D eigenvalue weighted by molar-refractivity contribution is 0.0780. The van der Waals surface area contributed by atoms with Gasteiger partial charge >= 0.3 is 0 Å². The number of hydrogen-bond acceptors (Lipinski definition) is 5. The van der Waals surface area contributed by atoms with Gasteiger partial charge in [0, 0.05) is 19.2 Å². The molecule has 0 bridgehead atoms. The van der Waals surface area contributed by atoms with Crippen molar-refractivity contribution in [2.75, 3.05) is 35.0 Å². The summed E-state index contributed by atoms with van der Waals surface area (Å²) in [5, 5.41) is 0. The number of benzene rings is 2. The van der Waals surface area contributed by atoms with Crippen molar-refractivity contribution in [1.82, 2.24) is 4.90 Å². The summed E-state index contributed by atoms with van der Waals surface area (Å²) < 4.78 is 21.8. The molecule has 6 heteroatoms. The molecular weight excluding hydrogens is 334 g/mol. The standard InChI is InChI=1S/C20H25NO5/c1-6-26-16-10-8-7-9-15(16)20(22)21(2)13-14-11-12-17(23-3)19(25-5)18(14)24-4/h7-12H,6,13H2,1-5H3. The molecule has 0 N–H and O–H groups in total. The molecule has 2 rings (SSSR count). The molecule has 2 aromatic carbocycles. The van der Waals surface area contributed by atoms with E-state index >= 15 is 0 Å². The third kappa shape index (κ3) is 4.02.